The van der Waals surface area contributed by atoms with Crippen LogP contribution in [0.2, 0.25) is 0 Å². The molecule has 34 heavy (non-hydrogen) atoms. The minimum atomic E-state index is -0.413. The first-order chi connectivity index (χ1) is 16.7. The lowest BCUT2D eigenvalue weighted by Gasteiger charge is -2.39. The number of carbonyl (C=O) groups is 2. The third kappa shape index (κ3) is 4.50. The van der Waals surface area contributed by atoms with Crippen molar-refractivity contribution in [1.82, 2.24) is 14.8 Å². The molecule has 0 radical (unpaired) electrons. The minimum Gasteiger partial charge on any atom is -0.369 e. The average molecular weight is 466 g/mol. The minimum absolute atomic E-state index is 0.0296. The first kappa shape index (κ1) is 22.8. The van der Waals surface area contributed by atoms with E-state index < -0.39 is 6.04 Å². The Balaban J connectivity index is 1.29. The molecule has 0 N–H and O–H groups in total. The maximum absolute atomic E-state index is 13.3. The van der Waals surface area contributed by atoms with E-state index in [9.17, 15) is 9.59 Å². The second-order valence-electron chi connectivity index (χ2n) is 9.79. The van der Waals surface area contributed by atoms with Crippen molar-refractivity contribution in [3.63, 3.8) is 0 Å². The molecular formula is C25H35N7O2. The molecule has 0 spiro atoms. The number of piperazine rings is 1. The highest BCUT2D eigenvalue weighted by Crippen LogP contribution is 2.34. The number of pyridine rings is 1. The molecule has 0 saturated carbocycles. The second-order valence-corrected chi connectivity index (χ2v) is 9.79. The molecule has 9 nitrogen and oxygen atoms in total. The molecule has 4 fully saturated rings. The maximum Gasteiger partial charge on any atom is 0.245 e. The third-order valence-electron chi connectivity index (χ3n) is 7.70. The summed E-state index contributed by atoms with van der Waals surface area (Å²) in [5.41, 5.74) is 1.21. The summed E-state index contributed by atoms with van der Waals surface area (Å²) in [6.45, 7) is 7.59. The summed E-state index contributed by atoms with van der Waals surface area (Å²) < 4.78 is 0. The molecule has 4 aliphatic rings. The summed E-state index contributed by atoms with van der Waals surface area (Å²) in [4.78, 5) is 41.4. The fourth-order valence-corrected chi connectivity index (χ4v) is 5.83. The molecule has 1 unspecified atom stereocenters. The van der Waals surface area contributed by atoms with Crippen molar-refractivity contribution in [2.24, 2.45) is 0 Å². The Morgan fingerprint density at radius 3 is 2.21 bits per heavy atom. The van der Waals surface area contributed by atoms with E-state index in [1.165, 1.54) is 31.4 Å². The Hall–Kier alpha value is -3.02. The van der Waals surface area contributed by atoms with Gasteiger partial charge in [0.1, 0.15) is 18.3 Å². The van der Waals surface area contributed by atoms with Gasteiger partial charge in [0.05, 0.1) is 11.8 Å². The highest BCUT2D eigenvalue weighted by atomic mass is 16.2. The van der Waals surface area contributed by atoms with Crippen LogP contribution in [-0.2, 0) is 9.59 Å². The number of nitriles is 1. The van der Waals surface area contributed by atoms with Crippen LogP contribution in [0.25, 0.3) is 0 Å². The number of amides is 2. The zero-order valence-electron chi connectivity index (χ0n) is 20.0. The Kier molecular flexibility index (Phi) is 6.75. The Morgan fingerprint density at radius 2 is 1.53 bits per heavy atom. The van der Waals surface area contributed by atoms with Gasteiger partial charge in [-0.2, -0.15) is 5.26 Å². The Bertz CT molecular complexity index is 941. The van der Waals surface area contributed by atoms with E-state index in [1.807, 2.05) is 11.0 Å². The lowest BCUT2D eigenvalue weighted by atomic mass is 10.1. The summed E-state index contributed by atoms with van der Waals surface area (Å²) in [6, 6.07) is 5.93. The Morgan fingerprint density at radius 1 is 0.853 bits per heavy atom. The van der Waals surface area contributed by atoms with Crippen molar-refractivity contribution in [2.75, 3.05) is 73.6 Å². The Labute approximate surface area is 201 Å². The number of likely N-dealkylation sites (tertiary alicyclic amines) is 1. The number of aromatic nitrogens is 1. The topological polar surface area (TPSA) is 87.0 Å². The molecule has 2 amide bonds. The van der Waals surface area contributed by atoms with Crippen LogP contribution >= 0.6 is 0 Å². The van der Waals surface area contributed by atoms with Crippen LogP contribution in [0.3, 0.4) is 0 Å². The zero-order chi connectivity index (χ0) is 23.5. The summed E-state index contributed by atoms with van der Waals surface area (Å²) in [5, 5.41) is 8.89. The maximum atomic E-state index is 13.3. The third-order valence-corrected chi connectivity index (χ3v) is 7.70. The molecule has 5 rings (SSSR count). The number of anilines is 3. The molecule has 182 valence electrons. The largest absolute Gasteiger partial charge is 0.369 e. The summed E-state index contributed by atoms with van der Waals surface area (Å²) in [7, 11) is 0. The number of carbonyl (C=O) groups excluding carboxylic acids is 2. The summed E-state index contributed by atoms with van der Waals surface area (Å²) >= 11 is 0. The lowest BCUT2D eigenvalue weighted by Crippen LogP contribution is -2.54. The van der Waals surface area contributed by atoms with Crippen molar-refractivity contribution < 1.29 is 9.59 Å². The predicted molar refractivity (Wildman–Crippen MR) is 131 cm³/mol. The van der Waals surface area contributed by atoms with Gasteiger partial charge in [0.15, 0.2) is 5.82 Å². The predicted octanol–water partition coefficient (Wildman–Crippen LogP) is 1.84. The molecule has 0 aromatic carbocycles. The fraction of sp³-hybridized carbons (Fsp3) is 0.680. The second kappa shape index (κ2) is 10.1. The van der Waals surface area contributed by atoms with Gasteiger partial charge < -0.3 is 24.5 Å². The zero-order valence-corrected chi connectivity index (χ0v) is 20.0. The van der Waals surface area contributed by atoms with Crippen LogP contribution in [0.1, 0.15) is 44.9 Å². The standard InChI is InChI=1S/C25H35N7O2/c26-10-9-23(33)32-15-5-6-21(32)25(34)31-18-16-30(17-19-31)24-20(28-11-1-2-12-28)7-8-22(27-24)29-13-3-4-14-29/h7-8,21H,1-6,9,11-19H2. The monoisotopic (exact) mass is 465 g/mol. The van der Waals surface area contributed by atoms with Crippen molar-refractivity contribution in [2.45, 2.75) is 51.0 Å². The van der Waals surface area contributed by atoms with Gasteiger partial charge in [-0.15, -0.1) is 0 Å². The van der Waals surface area contributed by atoms with Gasteiger partial charge in [0.2, 0.25) is 11.8 Å². The van der Waals surface area contributed by atoms with E-state index in [0.29, 0.717) is 26.1 Å². The van der Waals surface area contributed by atoms with Gasteiger partial charge in [-0.25, -0.2) is 4.98 Å². The van der Waals surface area contributed by atoms with Gasteiger partial charge in [-0.05, 0) is 50.7 Å². The van der Waals surface area contributed by atoms with Gasteiger partial charge >= 0.3 is 0 Å². The van der Waals surface area contributed by atoms with Crippen LogP contribution < -0.4 is 14.7 Å². The molecule has 9 heteroatoms. The van der Waals surface area contributed by atoms with Crippen molar-refractivity contribution in [3.8, 4) is 6.07 Å². The molecule has 5 heterocycles. The van der Waals surface area contributed by atoms with Crippen molar-refractivity contribution >= 4 is 29.1 Å². The summed E-state index contributed by atoms with van der Waals surface area (Å²) in [6.07, 6.45) is 6.24. The molecule has 0 aliphatic carbocycles. The normalized spacial score (nSPS) is 23.0. The molecule has 1 aromatic heterocycles. The lowest BCUT2D eigenvalue weighted by molar-refractivity contribution is -0.143. The summed E-state index contributed by atoms with van der Waals surface area (Å²) in [5.74, 6) is 1.91. The first-order valence-electron chi connectivity index (χ1n) is 12.9. The molecule has 4 aliphatic heterocycles. The van der Waals surface area contributed by atoms with Crippen LogP contribution in [0, 0.1) is 11.3 Å². The van der Waals surface area contributed by atoms with Crippen LogP contribution in [0.15, 0.2) is 12.1 Å². The van der Waals surface area contributed by atoms with Gasteiger partial charge in [0.25, 0.3) is 0 Å². The van der Waals surface area contributed by atoms with Crippen LogP contribution in [-0.4, -0.2) is 91.5 Å². The number of hydrogen-bond acceptors (Lipinski definition) is 7. The average Bonchev–Trinajstić information content (AvgIpc) is 3.65. The van der Waals surface area contributed by atoms with Crippen LogP contribution in [0.5, 0.6) is 0 Å². The molecule has 0 bridgehead atoms. The fourth-order valence-electron chi connectivity index (χ4n) is 5.83. The number of hydrogen-bond donors (Lipinski definition) is 0. The molecule has 4 saturated heterocycles. The van der Waals surface area contributed by atoms with Crippen molar-refractivity contribution in [3.05, 3.63) is 12.1 Å². The molecule has 1 aromatic rings. The van der Waals surface area contributed by atoms with E-state index in [0.717, 1.165) is 57.3 Å². The van der Waals surface area contributed by atoms with E-state index in [-0.39, 0.29) is 18.2 Å². The van der Waals surface area contributed by atoms with E-state index in [4.69, 9.17) is 10.2 Å². The van der Waals surface area contributed by atoms with Gasteiger partial charge in [-0.3, -0.25) is 9.59 Å². The number of nitrogens with zero attached hydrogens (tertiary/aromatic N) is 7. The van der Waals surface area contributed by atoms with E-state index >= 15 is 0 Å². The SMILES string of the molecule is N#CCC(=O)N1CCCC1C(=O)N1CCN(c2nc(N3CCCC3)ccc2N2CCCC2)CC1. The smallest absolute Gasteiger partial charge is 0.245 e. The van der Waals surface area contributed by atoms with Gasteiger partial charge in [0, 0.05) is 58.9 Å². The highest BCUT2D eigenvalue weighted by molar-refractivity contribution is 5.89. The van der Waals surface area contributed by atoms with E-state index in [1.54, 1.807) is 4.90 Å². The highest BCUT2D eigenvalue weighted by Gasteiger charge is 2.37. The van der Waals surface area contributed by atoms with E-state index in [2.05, 4.69) is 26.8 Å². The van der Waals surface area contributed by atoms with Gasteiger partial charge in [-0.1, -0.05) is 0 Å². The van der Waals surface area contributed by atoms with Crippen molar-refractivity contribution in [1.29, 1.82) is 5.26 Å². The quantitative estimate of drug-likeness (QED) is 0.656. The molecule has 1 atom stereocenters. The molecular weight excluding hydrogens is 430 g/mol. The first-order valence-corrected chi connectivity index (χ1v) is 12.9. The number of rotatable bonds is 5. The van der Waals surface area contributed by atoms with Crippen LogP contribution in [0.4, 0.5) is 17.3 Å².